The first kappa shape index (κ1) is 22.0. The molecule has 0 aliphatic rings. The van der Waals surface area contributed by atoms with Gasteiger partial charge in [-0.3, -0.25) is 4.79 Å². The number of hydrogen-bond acceptors (Lipinski definition) is 4. The van der Waals surface area contributed by atoms with Gasteiger partial charge in [0.25, 0.3) is 0 Å². The number of carbonyl (C=O) groups excluding carboxylic acids is 1. The third kappa shape index (κ3) is 5.46. The number of methoxy groups -OCH3 is 1. The van der Waals surface area contributed by atoms with Crippen molar-refractivity contribution in [2.45, 2.75) is 18.9 Å². The molecule has 2 aromatic carbocycles. The van der Waals surface area contributed by atoms with Crippen LogP contribution in [0.5, 0.6) is 11.5 Å². The monoisotopic (exact) mass is 447 g/mol. The van der Waals surface area contributed by atoms with E-state index in [9.17, 15) is 4.79 Å². The van der Waals surface area contributed by atoms with E-state index < -0.39 is 0 Å². The number of benzene rings is 2. The quantitative estimate of drug-likeness (QED) is 0.478. The molecule has 1 heterocycles. The van der Waals surface area contributed by atoms with Crippen LogP contribution in [0.4, 0.5) is 0 Å². The summed E-state index contributed by atoms with van der Waals surface area (Å²) in [6.45, 7) is 0.350. The van der Waals surface area contributed by atoms with E-state index in [0.717, 1.165) is 17.1 Å². The first-order chi connectivity index (χ1) is 14.5. The molecule has 3 aromatic rings. The molecule has 0 saturated heterocycles. The molecule has 0 radical (unpaired) electrons. The van der Waals surface area contributed by atoms with Crippen molar-refractivity contribution < 1.29 is 14.3 Å². The van der Waals surface area contributed by atoms with Crippen LogP contribution in [0.25, 0.3) is 0 Å². The summed E-state index contributed by atoms with van der Waals surface area (Å²) >= 11 is 12.1. The molecule has 3 rings (SSSR count). The molecule has 0 saturated carbocycles. The van der Waals surface area contributed by atoms with Crippen LogP contribution in [0.3, 0.4) is 0 Å². The molecule has 0 aliphatic carbocycles. The largest absolute Gasteiger partial charge is 0.497 e. The van der Waals surface area contributed by atoms with Crippen molar-refractivity contribution in [2.75, 3.05) is 13.7 Å². The van der Waals surface area contributed by atoms with E-state index in [2.05, 4.69) is 10.3 Å². The SMILES string of the molecule is COc1ccc(C(NC(=O)CCCOc2cccc(Cl)c2Cl)c2nccn2C)cc1. The lowest BCUT2D eigenvalue weighted by Crippen LogP contribution is -2.31. The van der Waals surface area contributed by atoms with Crippen molar-refractivity contribution >= 4 is 29.1 Å². The van der Waals surface area contributed by atoms with E-state index in [1.54, 1.807) is 31.5 Å². The van der Waals surface area contributed by atoms with Crippen molar-refractivity contribution in [1.82, 2.24) is 14.9 Å². The summed E-state index contributed by atoms with van der Waals surface area (Å²) in [5.41, 5.74) is 0.917. The number of halogens is 2. The van der Waals surface area contributed by atoms with E-state index in [1.165, 1.54) is 0 Å². The molecule has 0 spiro atoms. The first-order valence-electron chi connectivity index (χ1n) is 9.47. The van der Waals surface area contributed by atoms with Crippen molar-refractivity contribution in [3.8, 4) is 11.5 Å². The number of ether oxygens (including phenoxy) is 2. The summed E-state index contributed by atoms with van der Waals surface area (Å²) in [5.74, 6) is 1.91. The second-order valence-electron chi connectivity index (χ2n) is 6.67. The van der Waals surface area contributed by atoms with E-state index in [4.69, 9.17) is 32.7 Å². The van der Waals surface area contributed by atoms with Gasteiger partial charge < -0.3 is 19.4 Å². The van der Waals surface area contributed by atoms with E-state index in [1.807, 2.05) is 42.1 Å². The maximum atomic E-state index is 12.6. The fraction of sp³-hybridized carbons (Fsp3) is 0.273. The Labute approximate surface area is 185 Å². The first-order valence-corrected chi connectivity index (χ1v) is 10.2. The molecular weight excluding hydrogens is 425 g/mol. The minimum atomic E-state index is -0.369. The maximum absolute atomic E-state index is 12.6. The van der Waals surface area contributed by atoms with Crippen molar-refractivity contribution in [3.63, 3.8) is 0 Å². The van der Waals surface area contributed by atoms with E-state index in [-0.39, 0.29) is 11.9 Å². The summed E-state index contributed by atoms with van der Waals surface area (Å²) in [6, 6.07) is 12.4. The predicted molar refractivity (Wildman–Crippen MR) is 117 cm³/mol. The lowest BCUT2D eigenvalue weighted by Gasteiger charge is -2.19. The molecule has 0 fully saturated rings. The molecule has 6 nitrogen and oxygen atoms in total. The number of aryl methyl sites for hydroxylation is 1. The van der Waals surface area contributed by atoms with Gasteiger partial charge in [-0.25, -0.2) is 4.98 Å². The number of amides is 1. The minimum absolute atomic E-state index is 0.0976. The van der Waals surface area contributed by atoms with Crippen LogP contribution in [0.2, 0.25) is 10.0 Å². The minimum Gasteiger partial charge on any atom is -0.497 e. The van der Waals surface area contributed by atoms with Gasteiger partial charge in [0, 0.05) is 25.9 Å². The Hall–Kier alpha value is -2.70. The van der Waals surface area contributed by atoms with Crippen molar-refractivity contribution in [1.29, 1.82) is 0 Å². The molecule has 0 aliphatic heterocycles. The van der Waals surface area contributed by atoms with Gasteiger partial charge in [0.05, 0.1) is 18.7 Å². The van der Waals surface area contributed by atoms with Gasteiger partial charge in [-0.1, -0.05) is 41.4 Å². The molecule has 1 atom stereocenters. The van der Waals surface area contributed by atoms with Gasteiger partial charge in [-0.05, 0) is 36.2 Å². The second-order valence-corrected chi connectivity index (χ2v) is 7.46. The summed E-state index contributed by atoms with van der Waals surface area (Å²) in [7, 11) is 3.51. The number of carbonyl (C=O) groups is 1. The van der Waals surface area contributed by atoms with Crippen LogP contribution in [0.15, 0.2) is 54.9 Å². The molecule has 0 bridgehead atoms. The predicted octanol–water partition coefficient (Wildman–Crippen LogP) is 4.80. The zero-order valence-electron chi connectivity index (χ0n) is 16.8. The molecule has 30 heavy (non-hydrogen) atoms. The van der Waals surface area contributed by atoms with E-state index >= 15 is 0 Å². The standard InChI is InChI=1S/C22H23Cl2N3O3/c1-27-13-12-25-22(27)21(15-8-10-16(29-2)11-9-15)26-19(28)7-4-14-30-18-6-3-5-17(23)20(18)24/h3,5-6,8-13,21H,4,7,14H2,1-2H3,(H,26,28). The summed E-state index contributed by atoms with van der Waals surface area (Å²) in [5, 5.41) is 3.88. The maximum Gasteiger partial charge on any atom is 0.220 e. The van der Waals surface area contributed by atoms with E-state index in [0.29, 0.717) is 35.2 Å². The van der Waals surface area contributed by atoms with Crippen LogP contribution in [-0.4, -0.2) is 29.2 Å². The highest BCUT2D eigenvalue weighted by molar-refractivity contribution is 6.42. The summed E-state index contributed by atoms with van der Waals surface area (Å²) in [4.78, 5) is 17.0. The molecule has 158 valence electrons. The number of rotatable bonds is 9. The zero-order valence-corrected chi connectivity index (χ0v) is 18.3. The Morgan fingerprint density at radius 1 is 1.20 bits per heavy atom. The number of nitrogens with zero attached hydrogens (tertiary/aromatic N) is 2. The lowest BCUT2D eigenvalue weighted by atomic mass is 10.1. The van der Waals surface area contributed by atoms with Gasteiger partial charge in [0.2, 0.25) is 5.91 Å². The fourth-order valence-electron chi connectivity index (χ4n) is 2.99. The Kier molecular flexibility index (Phi) is 7.60. The Morgan fingerprint density at radius 2 is 1.97 bits per heavy atom. The van der Waals surface area contributed by atoms with Crippen LogP contribution in [-0.2, 0) is 11.8 Å². The highest BCUT2D eigenvalue weighted by Gasteiger charge is 2.20. The van der Waals surface area contributed by atoms with Crippen LogP contribution < -0.4 is 14.8 Å². The lowest BCUT2D eigenvalue weighted by molar-refractivity contribution is -0.121. The fourth-order valence-corrected chi connectivity index (χ4v) is 3.34. The highest BCUT2D eigenvalue weighted by atomic mass is 35.5. The van der Waals surface area contributed by atoms with Crippen LogP contribution in [0, 0.1) is 0 Å². The topological polar surface area (TPSA) is 65.4 Å². The van der Waals surface area contributed by atoms with Crippen LogP contribution >= 0.6 is 23.2 Å². The summed E-state index contributed by atoms with van der Waals surface area (Å²) in [6.07, 6.45) is 4.39. The van der Waals surface area contributed by atoms with Gasteiger partial charge in [0.1, 0.15) is 28.4 Å². The zero-order chi connectivity index (χ0) is 21.5. The molecule has 1 amide bonds. The molecule has 1 aromatic heterocycles. The third-order valence-electron chi connectivity index (χ3n) is 4.59. The smallest absolute Gasteiger partial charge is 0.220 e. The Bertz CT molecular complexity index is 990. The number of imidazole rings is 1. The van der Waals surface area contributed by atoms with Crippen molar-refractivity contribution in [3.05, 3.63) is 76.3 Å². The molecule has 8 heteroatoms. The van der Waals surface area contributed by atoms with Crippen molar-refractivity contribution in [2.24, 2.45) is 7.05 Å². The third-order valence-corrected chi connectivity index (χ3v) is 5.39. The normalized spacial score (nSPS) is 11.7. The molecule has 1 N–H and O–H groups in total. The number of hydrogen-bond donors (Lipinski definition) is 1. The van der Waals surface area contributed by atoms with Gasteiger partial charge in [-0.15, -0.1) is 0 Å². The average Bonchev–Trinajstić information content (AvgIpc) is 3.18. The number of nitrogens with one attached hydrogen (secondary N) is 1. The Morgan fingerprint density at radius 3 is 2.63 bits per heavy atom. The molecule has 1 unspecified atom stereocenters. The number of aromatic nitrogens is 2. The van der Waals surface area contributed by atoms with Crippen LogP contribution in [0.1, 0.15) is 30.3 Å². The second kappa shape index (κ2) is 10.4. The summed E-state index contributed by atoms with van der Waals surface area (Å²) < 4.78 is 12.8. The average molecular weight is 448 g/mol. The van der Waals surface area contributed by atoms with Gasteiger partial charge in [0.15, 0.2) is 0 Å². The Balaban J connectivity index is 1.60. The van der Waals surface area contributed by atoms with Gasteiger partial charge >= 0.3 is 0 Å². The highest BCUT2D eigenvalue weighted by Crippen LogP contribution is 2.31. The van der Waals surface area contributed by atoms with Gasteiger partial charge in [-0.2, -0.15) is 0 Å². The molecular formula is C22H23Cl2N3O3.